The predicted molar refractivity (Wildman–Crippen MR) is 98.6 cm³/mol. The van der Waals surface area contributed by atoms with Crippen molar-refractivity contribution in [3.8, 4) is 5.88 Å². The van der Waals surface area contributed by atoms with Gasteiger partial charge in [0.1, 0.15) is 0 Å². The van der Waals surface area contributed by atoms with Gasteiger partial charge in [0.05, 0.1) is 26.0 Å². The Balaban J connectivity index is 0.000000339. The maximum Gasteiger partial charge on any atom is 0.490 e. The fourth-order valence-electron chi connectivity index (χ4n) is 3.77. The van der Waals surface area contributed by atoms with Crippen molar-refractivity contribution in [3.05, 3.63) is 42.1 Å². The van der Waals surface area contributed by atoms with E-state index >= 15 is 0 Å². The van der Waals surface area contributed by atoms with Crippen molar-refractivity contribution >= 4 is 5.97 Å². The fraction of sp³-hybridized carbons (Fsp3) is 0.526. The van der Waals surface area contributed by atoms with Gasteiger partial charge in [0, 0.05) is 56.0 Å². The number of aryl methyl sites for hydroxylation is 1. The van der Waals surface area contributed by atoms with Gasteiger partial charge in [0.2, 0.25) is 5.88 Å². The third kappa shape index (κ3) is 5.70. The van der Waals surface area contributed by atoms with Crippen LogP contribution in [-0.2, 0) is 23.1 Å². The molecule has 2 atom stereocenters. The third-order valence-corrected chi connectivity index (χ3v) is 5.22. The van der Waals surface area contributed by atoms with Crippen molar-refractivity contribution in [1.29, 1.82) is 0 Å². The molecule has 0 aliphatic carbocycles. The molecule has 0 spiro atoms. The Bertz CT molecular complexity index is 907. The number of hydrogen-bond acceptors (Lipinski definition) is 6. The quantitative estimate of drug-likeness (QED) is 0.704. The molecule has 1 N–H and O–H groups in total. The van der Waals surface area contributed by atoms with Crippen LogP contribution in [0, 0.1) is 17.2 Å². The molecule has 0 aromatic carbocycles. The number of aliphatic carboxylic acids is 1. The second-order valence-corrected chi connectivity index (χ2v) is 7.65. The molecular weight excluding hydrogens is 424 g/mol. The van der Waals surface area contributed by atoms with E-state index in [0.29, 0.717) is 19.1 Å². The number of alkyl halides is 3. The molecule has 0 amide bonds. The van der Waals surface area contributed by atoms with Gasteiger partial charge in [0.15, 0.2) is 5.82 Å². The average Bonchev–Trinajstić information content (AvgIpc) is 3.35. The van der Waals surface area contributed by atoms with Crippen LogP contribution in [0.2, 0.25) is 0 Å². The molecule has 0 bridgehead atoms. The summed E-state index contributed by atoms with van der Waals surface area (Å²) >= 11 is 0. The number of fused-ring (bicyclic) bond motifs is 1. The minimum Gasteiger partial charge on any atom is -0.475 e. The van der Waals surface area contributed by atoms with E-state index in [1.165, 1.54) is 11.6 Å². The number of hydrogen-bond donors (Lipinski definition) is 1. The topological polar surface area (TPSA) is 89.7 Å². The van der Waals surface area contributed by atoms with E-state index < -0.39 is 18.0 Å². The van der Waals surface area contributed by atoms with Crippen LogP contribution in [0.15, 0.2) is 30.7 Å². The normalized spacial score (nSPS) is 23.2. The molecule has 2 aromatic rings. The first-order valence-electron chi connectivity index (χ1n) is 9.40. The average molecular weight is 446 g/mol. The van der Waals surface area contributed by atoms with Gasteiger partial charge in [-0.1, -0.05) is 0 Å². The van der Waals surface area contributed by atoms with Gasteiger partial charge in [-0.2, -0.15) is 18.3 Å². The van der Waals surface area contributed by atoms with Gasteiger partial charge >= 0.3 is 12.1 Å². The third-order valence-electron chi connectivity index (χ3n) is 5.22. The molecule has 31 heavy (non-hydrogen) atoms. The van der Waals surface area contributed by atoms with Gasteiger partial charge in [-0.25, -0.2) is 14.2 Å². The van der Waals surface area contributed by atoms with E-state index in [0.717, 1.165) is 26.2 Å². The number of ether oxygens (including phenoxy) is 2. The molecule has 8 nitrogen and oxygen atoms in total. The van der Waals surface area contributed by atoms with Crippen LogP contribution < -0.4 is 4.74 Å². The highest BCUT2D eigenvalue weighted by molar-refractivity contribution is 5.73. The largest absolute Gasteiger partial charge is 0.490 e. The van der Waals surface area contributed by atoms with Crippen LogP contribution >= 0.6 is 0 Å². The van der Waals surface area contributed by atoms with Crippen LogP contribution in [0.3, 0.4) is 0 Å². The molecule has 2 saturated heterocycles. The van der Waals surface area contributed by atoms with Crippen LogP contribution in [0.1, 0.15) is 5.56 Å². The number of carbonyl (C=O) groups is 1. The molecule has 0 saturated carbocycles. The second-order valence-electron chi connectivity index (χ2n) is 7.65. The molecule has 0 unspecified atom stereocenters. The number of pyridine rings is 1. The van der Waals surface area contributed by atoms with Crippen LogP contribution in [-0.4, -0.2) is 69.8 Å². The lowest BCUT2D eigenvalue weighted by molar-refractivity contribution is -0.192. The fourth-order valence-corrected chi connectivity index (χ4v) is 3.77. The Labute approximate surface area is 175 Å². The van der Waals surface area contributed by atoms with E-state index in [1.54, 1.807) is 12.3 Å². The predicted octanol–water partition coefficient (Wildman–Crippen LogP) is 2.11. The Morgan fingerprint density at radius 3 is 2.81 bits per heavy atom. The number of likely N-dealkylation sites (tertiary alicyclic amines) is 1. The van der Waals surface area contributed by atoms with Crippen molar-refractivity contribution in [3.63, 3.8) is 0 Å². The lowest BCUT2D eigenvalue weighted by Crippen LogP contribution is -2.37. The number of aromatic nitrogens is 3. The van der Waals surface area contributed by atoms with Gasteiger partial charge in [0.25, 0.3) is 0 Å². The molecule has 2 aliphatic heterocycles. The molecule has 170 valence electrons. The summed E-state index contributed by atoms with van der Waals surface area (Å²) in [5.41, 5.74) is 1.11. The number of nitrogens with zero attached hydrogens (tertiary/aromatic N) is 4. The minimum absolute atomic E-state index is 0.0724. The SMILES string of the molecule is Cn1cc(CN2C[C@@H]3COC[C@]3(COc3ncccc3F)C2)cn1.O=C(O)C(F)(F)F. The lowest BCUT2D eigenvalue weighted by atomic mass is 9.82. The monoisotopic (exact) mass is 446 g/mol. The zero-order valence-corrected chi connectivity index (χ0v) is 16.7. The van der Waals surface area contributed by atoms with Crippen molar-refractivity contribution in [2.24, 2.45) is 18.4 Å². The summed E-state index contributed by atoms with van der Waals surface area (Å²) in [5.74, 6) is -2.70. The summed E-state index contributed by atoms with van der Waals surface area (Å²) < 4.78 is 58.7. The maximum atomic E-state index is 13.7. The van der Waals surface area contributed by atoms with Crippen molar-refractivity contribution in [2.75, 3.05) is 32.9 Å². The number of carboxylic acid groups (broad SMARTS) is 1. The maximum absolute atomic E-state index is 13.7. The molecule has 4 rings (SSSR count). The first kappa shape index (κ1) is 22.9. The number of carboxylic acids is 1. The van der Waals surface area contributed by atoms with Gasteiger partial charge in [-0.15, -0.1) is 0 Å². The molecular formula is C19H22F4N4O4. The minimum atomic E-state index is -5.08. The highest BCUT2D eigenvalue weighted by Gasteiger charge is 2.51. The van der Waals surface area contributed by atoms with Crippen LogP contribution in [0.25, 0.3) is 0 Å². The first-order valence-corrected chi connectivity index (χ1v) is 9.40. The van der Waals surface area contributed by atoms with Crippen molar-refractivity contribution in [1.82, 2.24) is 19.7 Å². The standard InChI is InChI=1S/C17H21FN4O2.C2HF3O2/c1-21-6-13(5-20-21)7-22-8-14-9-23-11-17(14,10-22)12-24-16-15(18)3-2-4-19-16;3-2(4,5)1(6)7/h2-6,14H,7-12H2,1H3;(H,6,7)/t14-,17+;/m1./s1. The molecule has 12 heteroatoms. The molecule has 4 heterocycles. The summed E-state index contributed by atoms with van der Waals surface area (Å²) in [4.78, 5) is 15.3. The number of rotatable bonds is 5. The first-order chi connectivity index (χ1) is 14.6. The van der Waals surface area contributed by atoms with Crippen LogP contribution in [0.5, 0.6) is 5.88 Å². The molecule has 0 radical (unpaired) electrons. The van der Waals surface area contributed by atoms with Gasteiger partial charge < -0.3 is 14.6 Å². The summed E-state index contributed by atoms with van der Waals surface area (Å²) in [7, 11) is 1.92. The smallest absolute Gasteiger partial charge is 0.475 e. The van der Waals surface area contributed by atoms with Gasteiger partial charge in [-0.3, -0.25) is 9.58 Å². The molecule has 2 aliphatic rings. The van der Waals surface area contributed by atoms with Gasteiger partial charge in [-0.05, 0) is 12.1 Å². The van der Waals surface area contributed by atoms with E-state index in [-0.39, 0.29) is 11.3 Å². The molecule has 2 fully saturated rings. The van der Waals surface area contributed by atoms with Crippen LogP contribution in [0.4, 0.5) is 17.6 Å². The Morgan fingerprint density at radius 2 is 2.19 bits per heavy atom. The Kier molecular flexibility index (Phi) is 6.80. The highest BCUT2D eigenvalue weighted by atomic mass is 19.4. The van der Waals surface area contributed by atoms with E-state index in [9.17, 15) is 17.6 Å². The second kappa shape index (κ2) is 9.18. The lowest BCUT2D eigenvalue weighted by Gasteiger charge is -2.27. The zero-order chi connectivity index (χ0) is 22.6. The summed E-state index contributed by atoms with van der Waals surface area (Å²) in [6.07, 6.45) is 0.399. The van der Waals surface area contributed by atoms with E-state index in [4.69, 9.17) is 19.4 Å². The Morgan fingerprint density at radius 1 is 1.45 bits per heavy atom. The summed E-state index contributed by atoms with van der Waals surface area (Å²) in [6.45, 7) is 4.51. The van der Waals surface area contributed by atoms with Crippen molar-refractivity contribution in [2.45, 2.75) is 12.7 Å². The summed E-state index contributed by atoms with van der Waals surface area (Å²) in [6, 6.07) is 2.93. The zero-order valence-electron chi connectivity index (χ0n) is 16.7. The van der Waals surface area contributed by atoms with E-state index in [1.807, 2.05) is 24.1 Å². The Hall–Kier alpha value is -2.73. The van der Waals surface area contributed by atoms with Crippen molar-refractivity contribution < 1.29 is 36.9 Å². The number of halogens is 4. The van der Waals surface area contributed by atoms with E-state index in [2.05, 4.69) is 15.0 Å². The summed E-state index contributed by atoms with van der Waals surface area (Å²) in [5, 5.41) is 11.3. The molecule has 2 aromatic heterocycles. The highest BCUT2D eigenvalue weighted by Crippen LogP contribution is 2.42.